The molecule has 0 radical (unpaired) electrons. The van der Waals surface area contributed by atoms with Gasteiger partial charge in [-0.1, -0.05) is 11.6 Å². The smallest absolute Gasteiger partial charge is 0.269 e. The van der Waals surface area contributed by atoms with E-state index in [9.17, 15) is 9.59 Å². The Bertz CT molecular complexity index is 943. The molecule has 24 heavy (non-hydrogen) atoms. The summed E-state index contributed by atoms with van der Waals surface area (Å²) < 4.78 is 5.71. The predicted octanol–water partition coefficient (Wildman–Crippen LogP) is 3.48. The summed E-state index contributed by atoms with van der Waals surface area (Å²) in [4.78, 5) is 23.6. The summed E-state index contributed by atoms with van der Waals surface area (Å²) in [6.07, 6.45) is 1.51. The van der Waals surface area contributed by atoms with Crippen LogP contribution in [0, 0.1) is 11.3 Å². The number of nitrogens with zero attached hydrogens (tertiary/aromatic N) is 1. The summed E-state index contributed by atoms with van der Waals surface area (Å²) in [6, 6.07) is 12.4. The average molecular weight is 339 g/mol. The Hall–Kier alpha value is -3.10. The number of hydrogen-bond acceptors (Lipinski definition) is 4. The second kappa shape index (κ2) is 6.19. The van der Waals surface area contributed by atoms with Gasteiger partial charge in [-0.3, -0.25) is 14.9 Å². The summed E-state index contributed by atoms with van der Waals surface area (Å²) in [7, 11) is 0. The first-order valence-corrected chi connectivity index (χ1v) is 7.42. The molecule has 1 aliphatic heterocycles. The Morgan fingerprint density at radius 3 is 2.50 bits per heavy atom. The number of imide groups is 1. The molecule has 0 saturated carbocycles. The lowest BCUT2D eigenvalue weighted by Gasteiger charge is -2.15. The van der Waals surface area contributed by atoms with Crippen LogP contribution in [0.5, 0.6) is 0 Å². The zero-order chi connectivity index (χ0) is 17.3. The number of carbonyl (C=O) groups excluding carboxylic acids is 2. The van der Waals surface area contributed by atoms with Crippen LogP contribution < -0.4 is 5.32 Å². The normalized spacial score (nSPS) is 16.3. The Balaban J connectivity index is 1.99. The summed E-state index contributed by atoms with van der Waals surface area (Å²) >= 11 is 5.86. The minimum atomic E-state index is -0.682. The number of nitriles is 1. The molecule has 0 unspecified atom stereocenters. The largest absolute Gasteiger partial charge is 0.457 e. The first-order chi connectivity index (χ1) is 11.5. The fraction of sp³-hybridized carbons (Fsp3) is 0.0556. The molecule has 1 aliphatic rings. The SMILES string of the molecule is CC1=C(C#N)C(=O)NC(=O)/C1=C\c1ccc(-c2ccc(Cl)cc2)o1. The molecule has 118 valence electrons. The highest BCUT2D eigenvalue weighted by molar-refractivity contribution is 6.30. The molecule has 2 amide bonds. The van der Waals surface area contributed by atoms with Gasteiger partial charge < -0.3 is 4.42 Å². The zero-order valence-electron chi connectivity index (χ0n) is 12.6. The molecule has 1 aromatic heterocycles. The van der Waals surface area contributed by atoms with Crippen LogP contribution in [-0.2, 0) is 9.59 Å². The molecular weight excluding hydrogens is 328 g/mol. The van der Waals surface area contributed by atoms with Crippen LogP contribution in [0.15, 0.2) is 57.5 Å². The van der Waals surface area contributed by atoms with Gasteiger partial charge in [0.1, 0.15) is 23.2 Å². The van der Waals surface area contributed by atoms with Crippen LogP contribution in [-0.4, -0.2) is 11.8 Å². The second-order valence-corrected chi connectivity index (χ2v) is 5.60. The van der Waals surface area contributed by atoms with Crippen LogP contribution in [0.2, 0.25) is 5.02 Å². The molecule has 1 aromatic carbocycles. The summed E-state index contributed by atoms with van der Waals surface area (Å²) in [5.74, 6) is -0.177. The van der Waals surface area contributed by atoms with E-state index < -0.39 is 11.8 Å². The predicted molar refractivity (Wildman–Crippen MR) is 88.6 cm³/mol. The number of carbonyl (C=O) groups is 2. The van der Waals surface area contributed by atoms with E-state index in [4.69, 9.17) is 21.3 Å². The highest BCUT2D eigenvalue weighted by Crippen LogP contribution is 2.27. The van der Waals surface area contributed by atoms with Gasteiger partial charge in [-0.25, -0.2) is 0 Å². The van der Waals surface area contributed by atoms with Crippen molar-refractivity contribution in [1.82, 2.24) is 5.32 Å². The highest BCUT2D eigenvalue weighted by atomic mass is 35.5. The molecule has 0 saturated heterocycles. The van der Waals surface area contributed by atoms with E-state index >= 15 is 0 Å². The van der Waals surface area contributed by atoms with Gasteiger partial charge in [-0.05, 0) is 55.0 Å². The van der Waals surface area contributed by atoms with E-state index in [0.29, 0.717) is 22.1 Å². The van der Waals surface area contributed by atoms with E-state index in [2.05, 4.69) is 5.32 Å². The minimum Gasteiger partial charge on any atom is -0.457 e. The summed E-state index contributed by atoms with van der Waals surface area (Å²) in [6.45, 7) is 1.56. The second-order valence-electron chi connectivity index (χ2n) is 5.16. The number of furan rings is 1. The van der Waals surface area contributed by atoms with Gasteiger partial charge >= 0.3 is 0 Å². The number of rotatable bonds is 2. The van der Waals surface area contributed by atoms with Crippen molar-refractivity contribution < 1.29 is 14.0 Å². The molecule has 1 N–H and O–H groups in total. The van der Waals surface area contributed by atoms with Crippen molar-refractivity contribution >= 4 is 29.5 Å². The maximum atomic E-state index is 12.0. The lowest BCUT2D eigenvalue weighted by molar-refractivity contribution is -0.126. The average Bonchev–Trinajstić information content (AvgIpc) is 3.01. The van der Waals surface area contributed by atoms with Crippen molar-refractivity contribution in [3.8, 4) is 17.4 Å². The van der Waals surface area contributed by atoms with Crippen molar-refractivity contribution in [2.75, 3.05) is 0 Å². The van der Waals surface area contributed by atoms with Crippen LogP contribution in [0.25, 0.3) is 17.4 Å². The molecule has 0 fully saturated rings. The van der Waals surface area contributed by atoms with Crippen LogP contribution >= 0.6 is 11.6 Å². The van der Waals surface area contributed by atoms with Crippen molar-refractivity contribution in [2.45, 2.75) is 6.92 Å². The van der Waals surface area contributed by atoms with Crippen molar-refractivity contribution in [1.29, 1.82) is 5.26 Å². The fourth-order valence-electron chi connectivity index (χ4n) is 2.36. The number of benzene rings is 1. The quantitative estimate of drug-likeness (QED) is 0.671. The molecular formula is C18H11ClN2O3. The van der Waals surface area contributed by atoms with E-state index in [-0.39, 0.29) is 11.1 Å². The number of hydrogen-bond donors (Lipinski definition) is 1. The first-order valence-electron chi connectivity index (χ1n) is 7.04. The lowest BCUT2D eigenvalue weighted by atomic mass is 9.96. The fourth-order valence-corrected chi connectivity index (χ4v) is 2.48. The lowest BCUT2D eigenvalue weighted by Crippen LogP contribution is -2.37. The molecule has 2 heterocycles. The maximum Gasteiger partial charge on any atom is 0.269 e. The summed E-state index contributed by atoms with van der Waals surface area (Å²) in [5, 5.41) is 11.8. The monoisotopic (exact) mass is 338 g/mol. The number of amides is 2. The summed E-state index contributed by atoms with van der Waals surface area (Å²) in [5.41, 5.74) is 1.32. The highest BCUT2D eigenvalue weighted by Gasteiger charge is 2.27. The van der Waals surface area contributed by atoms with Gasteiger partial charge in [0.05, 0.1) is 0 Å². The van der Waals surface area contributed by atoms with E-state index in [1.54, 1.807) is 31.2 Å². The molecule has 5 nitrogen and oxygen atoms in total. The first kappa shape index (κ1) is 15.8. The van der Waals surface area contributed by atoms with E-state index in [1.807, 2.05) is 18.2 Å². The zero-order valence-corrected chi connectivity index (χ0v) is 13.3. The molecule has 0 bridgehead atoms. The molecule has 3 rings (SSSR count). The van der Waals surface area contributed by atoms with E-state index in [0.717, 1.165) is 5.56 Å². The molecule has 0 aliphatic carbocycles. The van der Waals surface area contributed by atoms with Crippen LogP contribution in [0.1, 0.15) is 12.7 Å². The molecule has 0 atom stereocenters. The maximum absolute atomic E-state index is 12.0. The Morgan fingerprint density at radius 2 is 1.83 bits per heavy atom. The minimum absolute atomic E-state index is 0.0784. The molecule has 6 heteroatoms. The Morgan fingerprint density at radius 1 is 1.12 bits per heavy atom. The van der Waals surface area contributed by atoms with Crippen molar-refractivity contribution in [3.63, 3.8) is 0 Å². The van der Waals surface area contributed by atoms with Crippen molar-refractivity contribution in [3.05, 3.63) is 63.9 Å². The van der Waals surface area contributed by atoms with Gasteiger partial charge in [0, 0.05) is 16.2 Å². The van der Waals surface area contributed by atoms with Gasteiger partial charge in [0.15, 0.2) is 0 Å². The third kappa shape index (κ3) is 2.87. The van der Waals surface area contributed by atoms with Crippen LogP contribution in [0.3, 0.4) is 0 Å². The van der Waals surface area contributed by atoms with Crippen LogP contribution in [0.4, 0.5) is 0 Å². The Kier molecular flexibility index (Phi) is 4.07. The van der Waals surface area contributed by atoms with E-state index in [1.165, 1.54) is 6.08 Å². The number of nitrogens with one attached hydrogen (secondary N) is 1. The third-order valence-corrected chi connectivity index (χ3v) is 3.88. The van der Waals surface area contributed by atoms with Gasteiger partial charge in [-0.2, -0.15) is 5.26 Å². The third-order valence-electron chi connectivity index (χ3n) is 3.63. The Labute approximate surface area is 142 Å². The van der Waals surface area contributed by atoms with Crippen molar-refractivity contribution in [2.24, 2.45) is 0 Å². The topological polar surface area (TPSA) is 83.1 Å². The van der Waals surface area contributed by atoms with Gasteiger partial charge in [0.25, 0.3) is 11.8 Å². The number of halogens is 1. The van der Waals surface area contributed by atoms with Gasteiger partial charge in [-0.15, -0.1) is 0 Å². The van der Waals surface area contributed by atoms with Gasteiger partial charge in [0.2, 0.25) is 0 Å². The molecule has 0 spiro atoms. The molecule has 2 aromatic rings. The standard InChI is InChI=1S/C18H11ClN2O3/c1-10-14(17(22)21-18(23)15(10)9-20)8-13-6-7-16(24-13)11-2-4-12(19)5-3-11/h2-8H,1H3,(H,21,22,23)/b14-8-.